The zero-order chi connectivity index (χ0) is 28.5. The van der Waals surface area contributed by atoms with Crippen molar-refractivity contribution in [3.63, 3.8) is 0 Å². The number of hydrogen-bond acceptors (Lipinski definition) is 4. The monoisotopic (exact) mass is 517 g/mol. The first-order valence-corrected chi connectivity index (χ1v) is 13.8. The topological polar surface area (TPSA) is 87.7 Å². The second-order valence-electron chi connectivity index (χ2n) is 11.8. The number of alkyl carbamates (subject to hydrolysis) is 1. The van der Waals surface area contributed by atoms with Gasteiger partial charge in [0.2, 0.25) is 11.8 Å². The van der Waals surface area contributed by atoms with Crippen LogP contribution in [0.4, 0.5) is 4.79 Å². The van der Waals surface area contributed by atoms with Gasteiger partial charge in [0, 0.05) is 12.1 Å². The van der Waals surface area contributed by atoms with Crippen molar-refractivity contribution in [2.45, 2.75) is 132 Å². The van der Waals surface area contributed by atoms with Gasteiger partial charge in [-0.2, -0.15) is 0 Å². The lowest BCUT2D eigenvalue weighted by atomic mass is 9.91. The third kappa shape index (κ3) is 10.4. The zero-order valence-corrected chi connectivity index (χ0v) is 25.0. The second-order valence-corrected chi connectivity index (χ2v) is 11.8. The molecular weight excluding hydrogens is 466 g/mol. The second kappa shape index (κ2) is 14.4. The van der Waals surface area contributed by atoms with Gasteiger partial charge in [-0.15, -0.1) is 0 Å². The first-order valence-electron chi connectivity index (χ1n) is 13.8. The van der Waals surface area contributed by atoms with Gasteiger partial charge in [0.25, 0.3) is 0 Å². The summed E-state index contributed by atoms with van der Waals surface area (Å²) in [6.45, 7) is 21.3. The number of nitrogens with zero attached hydrogens (tertiary/aromatic N) is 1. The van der Waals surface area contributed by atoms with E-state index in [1.54, 1.807) is 32.6 Å². The van der Waals surface area contributed by atoms with E-state index in [2.05, 4.69) is 31.4 Å². The molecule has 1 rings (SSSR count). The normalized spacial score (nSPS) is 14.9. The maximum atomic E-state index is 14.1. The maximum Gasteiger partial charge on any atom is 0.408 e. The molecular formula is C30H51N3O4. The van der Waals surface area contributed by atoms with Crippen LogP contribution in [0.2, 0.25) is 0 Å². The Bertz CT molecular complexity index is 886. The first kappa shape index (κ1) is 32.5. The number of hydrogen-bond donors (Lipinski definition) is 2. The summed E-state index contributed by atoms with van der Waals surface area (Å²) in [5.74, 6) is -0.0607. The molecule has 0 radical (unpaired) electrons. The van der Waals surface area contributed by atoms with E-state index >= 15 is 0 Å². The molecule has 0 aliphatic heterocycles. The van der Waals surface area contributed by atoms with Crippen LogP contribution in [0.25, 0.3) is 0 Å². The zero-order valence-electron chi connectivity index (χ0n) is 25.0. The lowest BCUT2D eigenvalue weighted by molar-refractivity contribution is -0.145. The van der Waals surface area contributed by atoms with Crippen molar-refractivity contribution in [1.82, 2.24) is 15.5 Å². The van der Waals surface area contributed by atoms with Gasteiger partial charge in [0.15, 0.2) is 0 Å². The average molecular weight is 518 g/mol. The average Bonchev–Trinajstić information content (AvgIpc) is 2.75. The highest BCUT2D eigenvalue weighted by molar-refractivity contribution is 5.92. The van der Waals surface area contributed by atoms with Gasteiger partial charge >= 0.3 is 6.09 Å². The van der Waals surface area contributed by atoms with Crippen molar-refractivity contribution in [3.8, 4) is 0 Å². The Morgan fingerprint density at radius 1 is 0.919 bits per heavy atom. The maximum absolute atomic E-state index is 14.1. The third-order valence-corrected chi connectivity index (χ3v) is 6.45. The highest BCUT2D eigenvalue weighted by Gasteiger charge is 2.39. The molecule has 0 fully saturated rings. The molecule has 1 aromatic rings. The number of amides is 3. The molecule has 0 saturated carbocycles. The molecule has 3 amide bonds. The van der Waals surface area contributed by atoms with Crippen LogP contribution >= 0.6 is 0 Å². The Balaban J connectivity index is 3.57. The van der Waals surface area contributed by atoms with Crippen LogP contribution in [0.15, 0.2) is 18.2 Å². The van der Waals surface area contributed by atoms with E-state index in [1.807, 2.05) is 45.9 Å². The lowest BCUT2D eigenvalue weighted by Crippen LogP contribution is -2.55. The fraction of sp³-hybridized carbons (Fsp3) is 0.700. The minimum absolute atomic E-state index is 0.0236. The molecule has 37 heavy (non-hydrogen) atoms. The number of nitrogens with one attached hydrogen (secondary N) is 2. The van der Waals surface area contributed by atoms with Crippen LogP contribution in [0.1, 0.15) is 111 Å². The van der Waals surface area contributed by atoms with E-state index < -0.39 is 23.8 Å². The van der Waals surface area contributed by atoms with Crippen LogP contribution in [0.5, 0.6) is 0 Å². The van der Waals surface area contributed by atoms with Crippen LogP contribution < -0.4 is 10.6 Å². The van der Waals surface area contributed by atoms with E-state index in [9.17, 15) is 14.4 Å². The van der Waals surface area contributed by atoms with Crippen molar-refractivity contribution in [2.75, 3.05) is 0 Å². The number of rotatable bonds is 12. The van der Waals surface area contributed by atoms with Gasteiger partial charge in [-0.3, -0.25) is 9.59 Å². The molecule has 0 aliphatic carbocycles. The Morgan fingerprint density at radius 3 is 1.97 bits per heavy atom. The summed E-state index contributed by atoms with van der Waals surface area (Å²) in [7, 11) is 0. The van der Waals surface area contributed by atoms with E-state index in [4.69, 9.17) is 4.74 Å². The Morgan fingerprint density at radius 2 is 1.49 bits per heavy atom. The summed E-state index contributed by atoms with van der Waals surface area (Å²) in [6.07, 6.45) is 2.78. The summed E-state index contributed by atoms with van der Waals surface area (Å²) < 4.78 is 5.39. The van der Waals surface area contributed by atoms with Crippen molar-refractivity contribution < 1.29 is 19.1 Å². The largest absolute Gasteiger partial charge is 0.444 e. The molecule has 0 aliphatic rings. The van der Waals surface area contributed by atoms with Gasteiger partial charge in [0.1, 0.15) is 17.7 Å². The van der Waals surface area contributed by atoms with Crippen LogP contribution in [0.3, 0.4) is 0 Å². The van der Waals surface area contributed by atoms with Crippen molar-refractivity contribution in [2.24, 2.45) is 5.92 Å². The van der Waals surface area contributed by atoms with E-state index in [0.717, 1.165) is 42.4 Å². The Hall–Kier alpha value is -2.57. The van der Waals surface area contributed by atoms with Crippen molar-refractivity contribution >= 4 is 17.9 Å². The van der Waals surface area contributed by atoms with Gasteiger partial charge < -0.3 is 20.3 Å². The lowest BCUT2D eigenvalue weighted by Gasteiger charge is -2.39. The molecule has 7 heteroatoms. The summed E-state index contributed by atoms with van der Waals surface area (Å²) in [4.78, 5) is 42.2. The quantitative estimate of drug-likeness (QED) is 0.345. The van der Waals surface area contributed by atoms with E-state index in [-0.39, 0.29) is 23.9 Å². The SMILES string of the molecule is CCCC(C)NC(=O)C(c1c(C)cccc1C)N(C(=O)C(C)NC(=O)OC(C)(C)C)C(C)CCC(C)C. The predicted molar refractivity (Wildman–Crippen MR) is 150 cm³/mol. The van der Waals surface area contributed by atoms with E-state index in [1.165, 1.54) is 0 Å². The van der Waals surface area contributed by atoms with Gasteiger partial charge in [-0.05, 0) is 97.3 Å². The highest BCUT2D eigenvalue weighted by atomic mass is 16.6. The van der Waals surface area contributed by atoms with Crippen LogP contribution in [-0.2, 0) is 14.3 Å². The molecule has 0 saturated heterocycles. The Labute approximate surface area is 225 Å². The number of aryl methyl sites for hydroxylation is 2. The molecule has 0 aromatic heterocycles. The van der Waals surface area contributed by atoms with Crippen molar-refractivity contribution in [3.05, 3.63) is 34.9 Å². The van der Waals surface area contributed by atoms with Crippen LogP contribution in [-0.4, -0.2) is 46.5 Å². The molecule has 0 spiro atoms. The summed E-state index contributed by atoms with van der Waals surface area (Å²) in [6, 6.07) is 3.97. The molecule has 210 valence electrons. The number of carbonyl (C=O) groups excluding carboxylic acids is 3. The fourth-order valence-corrected chi connectivity index (χ4v) is 4.56. The van der Waals surface area contributed by atoms with Gasteiger partial charge in [-0.25, -0.2) is 4.79 Å². The summed E-state index contributed by atoms with van der Waals surface area (Å²) in [5.41, 5.74) is 2.04. The summed E-state index contributed by atoms with van der Waals surface area (Å²) in [5, 5.41) is 5.84. The fourth-order valence-electron chi connectivity index (χ4n) is 4.56. The number of benzene rings is 1. The van der Waals surface area contributed by atoms with E-state index in [0.29, 0.717) is 5.92 Å². The Kier molecular flexibility index (Phi) is 12.6. The molecule has 0 bridgehead atoms. The third-order valence-electron chi connectivity index (χ3n) is 6.45. The molecule has 1 aromatic carbocycles. The van der Waals surface area contributed by atoms with Crippen LogP contribution in [0, 0.1) is 19.8 Å². The summed E-state index contributed by atoms with van der Waals surface area (Å²) >= 11 is 0. The molecule has 2 N–H and O–H groups in total. The van der Waals surface area contributed by atoms with Gasteiger partial charge in [-0.1, -0.05) is 45.4 Å². The minimum Gasteiger partial charge on any atom is -0.444 e. The smallest absolute Gasteiger partial charge is 0.408 e. The number of ether oxygens (including phenoxy) is 1. The molecule has 4 atom stereocenters. The molecule has 0 heterocycles. The minimum atomic E-state index is -0.871. The van der Waals surface area contributed by atoms with Gasteiger partial charge in [0.05, 0.1) is 0 Å². The molecule has 7 nitrogen and oxygen atoms in total. The first-order chi connectivity index (χ1) is 17.1. The molecule has 4 unspecified atom stereocenters. The highest BCUT2D eigenvalue weighted by Crippen LogP contribution is 2.32. The number of carbonyl (C=O) groups is 3. The van der Waals surface area contributed by atoms with Crippen molar-refractivity contribution in [1.29, 1.82) is 0 Å². The predicted octanol–water partition coefficient (Wildman–Crippen LogP) is 6.22. The standard InChI is InChI=1S/C30H51N3O4/c1-12-14-22(6)31-27(34)26(25-20(4)15-13-16-21(25)5)33(23(7)18-17-19(2)3)28(35)24(8)32-29(36)37-30(9,10)11/h13,15-16,19,22-24,26H,12,14,17-18H2,1-11H3,(H,31,34)(H,32,36).